The van der Waals surface area contributed by atoms with E-state index in [1.165, 1.54) is 0 Å². The van der Waals surface area contributed by atoms with Crippen LogP contribution in [0.5, 0.6) is 0 Å². The van der Waals surface area contributed by atoms with E-state index in [4.69, 9.17) is 0 Å². The fraction of sp³-hybridized carbons (Fsp3) is 0.0526. The number of nitrogens with zero attached hydrogens (tertiary/aromatic N) is 4. The summed E-state index contributed by atoms with van der Waals surface area (Å²) in [7, 11) is -10.9. The van der Waals surface area contributed by atoms with E-state index in [2.05, 4.69) is 10.2 Å². The summed E-state index contributed by atoms with van der Waals surface area (Å²) in [6.07, 6.45) is -0.625. The van der Waals surface area contributed by atoms with Crippen molar-refractivity contribution < 1.29 is 56.3 Å². The number of nitrogens with one attached hydrogen (secondary N) is 2. The topological polar surface area (TPSA) is 195 Å². The minimum atomic E-state index is -5.61. The third-order valence-electron chi connectivity index (χ3n) is 9.57. The smallest absolute Gasteiger partial charge is 0.212 e. The lowest BCUT2D eigenvalue weighted by Gasteiger charge is -2.13. The van der Waals surface area contributed by atoms with Crippen molar-refractivity contribution in [3.8, 4) is 24.3 Å². The van der Waals surface area contributed by atoms with E-state index in [9.17, 15) is 73.0 Å². The van der Waals surface area contributed by atoms with Gasteiger partial charge in [0.1, 0.15) is 45.2 Å². The van der Waals surface area contributed by atoms with Crippen molar-refractivity contribution in [3.63, 3.8) is 0 Å². The van der Waals surface area contributed by atoms with Gasteiger partial charge in [0, 0.05) is 31.8 Å². The maximum Gasteiger partial charge on any atom is 0.212 e. The lowest BCUT2D eigenvalue weighted by atomic mass is 10.1. The van der Waals surface area contributed by atoms with Crippen molar-refractivity contribution in [1.82, 2.24) is 10.2 Å². The summed E-state index contributed by atoms with van der Waals surface area (Å²) < 4.78 is 185. The first kappa shape index (κ1) is 39.9. The van der Waals surface area contributed by atoms with E-state index in [1.54, 1.807) is 24.3 Å². The molecule has 0 saturated heterocycles. The second-order valence-electron chi connectivity index (χ2n) is 12.4. The van der Waals surface area contributed by atoms with Gasteiger partial charge in [0.05, 0.1) is 20.5 Å². The number of benzene rings is 4. The number of aromatic nitrogens is 2. The van der Waals surface area contributed by atoms with Crippen LogP contribution in [0.1, 0.15) is 12.5 Å². The Hall–Kier alpha value is -7.33. The molecular formula is C38H13F9N6O4S2. The van der Waals surface area contributed by atoms with Crippen LogP contribution in [0.3, 0.4) is 0 Å². The molecule has 0 bridgehead atoms. The van der Waals surface area contributed by atoms with Crippen LogP contribution in [0.15, 0.2) is 56.0 Å². The Morgan fingerprint density at radius 1 is 0.508 bits per heavy atom. The SMILES string of the molecule is CCc1c(F)c(F)c(F)c(F)c1S(=O)(=O)c1ccc2c3c4c(=C(C#N)C#N)c5cc(S(=O)(=O)c6c(F)c(F)c(F)c(F)c6F)ccc5c=4[nH][nH]c=3c(=C(C#N)C#N)c2c1. The fourth-order valence-corrected chi connectivity index (χ4v) is 10.1. The van der Waals surface area contributed by atoms with E-state index in [0.29, 0.717) is 6.07 Å². The van der Waals surface area contributed by atoms with Gasteiger partial charge < -0.3 is 0 Å². The molecule has 1 aliphatic heterocycles. The molecule has 0 saturated carbocycles. The van der Waals surface area contributed by atoms with E-state index >= 15 is 4.39 Å². The van der Waals surface area contributed by atoms with Crippen LogP contribution in [0.25, 0.3) is 32.7 Å². The van der Waals surface area contributed by atoms with Gasteiger partial charge in [-0.3, -0.25) is 10.2 Å². The zero-order valence-electron chi connectivity index (χ0n) is 28.8. The minimum Gasteiger partial charge on any atom is -0.300 e. The summed E-state index contributed by atoms with van der Waals surface area (Å²) in [4.78, 5) is -5.68. The molecule has 4 aromatic carbocycles. The van der Waals surface area contributed by atoms with E-state index in [-0.39, 0.29) is 47.9 Å². The number of fused-ring (bicyclic) bond motifs is 5. The molecule has 0 amide bonds. The van der Waals surface area contributed by atoms with Crippen LogP contribution in [-0.4, -0.2) is 27.0 Å². The number of nitriles is 4. The summed E-state index contributed by atoms with van der Waals surface area (Å²) >= 11 is 0. The Kier molecular flexibility index (Phi) is 9.23. The van der Waals surface area contributed by atoms with Crippen molar-refractivity contribution >= 4 is 52.4 Å². The largest absolute Gasteiger partial charge is 0.300 e. The molecule has 294 valence electrons. The van der Waals surface area contributed by atoms with Gasteiger partial charge in [-0.1, -0.05) is 19.1 Å². The molecule has 21 heteroatoms. The number of halogens is 9. The molecule has 0 radical (unpaired) electrons. The molecule has 0 unspecified atom stereocenters. The molecule has 3 aliphatic rings. The minimum absolute atomic E-state index is 0.0321. The van der Waals surface area contributed by atoms with E-state index < -0.39 is 120 Å². The van der Waals surface area contributed by atoms with Crippen molar-refractivity contribution in [2.75, 3.05) is 0 Å². The first-order chi connectivity index (χ1) is 27.8. The first-order valence-electron chi connectivity index (χ1n) is 16.1. The predicted octanol–water partition coefficient (Wildman–Crippen LogP) is 5.97. The molecule has 4 aromatic rings. The third-order valence-corrected chi connectivity index (χ3v) is 13.2. The normalized spacial score (nSPS) is 11.8. The number of hydrogen-bond donors (Lipinski definition) is 2. The lowest BCUT2D eigenvalue weighted by molar-refractivity contribution is 0.357. The molecule has 59 heavy (non-hydrogen) atoms. The van der Waals surface area contributed by atoms with Gasteiger partial charge in [-0.05, 0) is 46.8 Å². The third kappa shape index (κ3) is 5.36. The molecule has 2 N–H and O–H groups in total. The van der Waals surface area contributed by atoms with Gasteiger partial charge in [-0.25, -0.2) is 56.3 Å². The lowest BCUT2D eigenvalue weighted by Crippen LogP contribution is -2.14. The number of hydrogen-bond acceptors (Lipinski definition) is 8. The second kappa shape index (κ2) is 13.7. The predicted molar refractivity (Wildman–Crippen MR) is 182 cm³/mol. The molecular weight excluding hydrogens is 840 g/mol. The number of aromatic amines is 2. The average molecular weight is 853 g/mol. The number of sulfone groups is 2. The Morgan fingerprint density at radius 3 is 1.42 bits per heavy atom. The molecule has 0 spiro atoms. The summed E-state index contributed by atoms with van der Waals surface area (Å²) in [5.74, 6) is -22.0. The Morgan fingerprint density at radius 2 is 0.915 bits per heavy atom. The average Bonchev–Trinajstić information content (AvgIpc) is 3.72. The van der Waals surface area contributed by atoms with Crippen LogP contribution >= 0.6 is 0 Å². The maximum absolute atomic E-state index is 15.2. The monoisotopic (exact) mass is 852 g/mol. The van der Waals surface area contributed by atoms with Crippen LogP contribution in [-0.2, 0) is 26.1 Å². The Bertz CT molecular complexity index is 3740. The molecule has 0 atom stereocenters. The maximum atomic E-state index is 15.2. The van der Waals surface area contributed by atoms with Crippen LogP contribution < -0.4 is 10.4 Å². The highest BCUT2D eigenvalue weighted by Gasteiger charge is 2.36. The van der Waals surface area contributed by atoms with Crippen LogP contribution in [0.4, 0.5) is 39.5 Å². The van der Waals surface area contributed by atoms with Crippen molar-refractivity contribution in [1.29, 1.82) is 21.0 Å². The molecule has 0 fully saturated rings. The highest BCUT2D eigenvalue weighted by molar-refractivity contribution is 7.91. The Balaban J connectivity index is 1.67. The standard InChI is InChI=1S/C38H13F9N6O4S2/c1-2-17-26(39)27(40)29(42)32(45)37(17)58(54,55)15-3-5-18-20(7-15)23(14(11-50)12-51)36-24(18)25-22(13(9-48)10-49)21-8-16(4-6-19(21)35(25)52-53-36)59(56,57)38-33(46)30(43)28(41)31(44)34(38)47/h3-8,52-53H,2H2,1H3. The summed E-state index contributed by atoms with van der Waals surface area (Å²) in [6.45, 7) is 1.14. The number of rotatable bonds is 5. The quantitative estimate of drug-likeness (QED) is 0.0914. The molecule has 2 aliphatic carbocycles. The second-order valence-corrected chi connectivity index (χ2v) is 16.2. The zero-order chi connectivity index (χ0) is 43.2. The highest BCUT2D eigenvalue weighted by Crippen LogP contribution is 2.35. The van der Waals surface area contributed by atoms with E-state index in [1.807, 2.05) is 0 Å². The molecule has 0 aromatic heterocycles. The van der Waals surface area contributed by atoms with Crippen LogP contribution in [0.2, 0.25) is 0 Å². The van der Waals surface area contributed by atoms with Crippen molar-refractivity contribution in [3.05, 3.63) is 126 Å². The molecule has 10 nitrogen and oxygen atoms in total. The number of H-pyrrole nitrogens is 2. The van der Waals surface area contributed by atoms with Crippen molar-refractivity contribution in [2.45, 2.75) is 32.9 Å². The van der Waals surface area contributed by atoms with Gasteiger partial charge in [-0.15, -0.1) is 0 Å². The van der Waals surface area contributed by atoms with Gasteiger partial charge in [0.2, 0.25) is 25.5 Å². The summed E-state index contributed by atoms with van der Waals surface area (Å²) in [6, 6.07) is 11.6. The fourth-order valence-electron chi connectivity index (χ4n) is 7.01. The van der Waals surface area contributed by atoms with Crippen molar-refractivity contribution in [2.24, 2.45) is 0 Å². The van der Waals surface area contributed by atoms with E-state index in [0.717, 1.165) is 37.3 Å². The Labute approximate surface area is 322 Å². The first-order valence-corrected chi connectivity index (χ1v) is 19.1. The molecule has 1 heterocycles. The highest BCUT2D eigenvalue weighted by atomic mass is 32.2. The summed E-state index contributed by atoms with van der Waals surface area (Å²) in [5.41, 5.74) is -2.48. The van der Waals surface area contributed by atoms with Gasteiger partial charge in [0.25, 0.3) is 0 Å². The summed E-state index contributed by atoms with van der Waals surface area (Å²) in [5, 5.41) is 43.5. The molecule has 7 rings (SSSR count). The van der Waals surface area contributed by atoms with Gasteiger partial charge >= 0.3 is 0 Å². The van der Waals surface area contributed by atoms with Gasteiger partial charge in [0.15, 0.2) is 46.5 Å². The van der Waals surface area contributed by atoms with Crippen LogP contribution in [0, 0.1) is 119 Å². The van der Waals surface area contributed by atoms with Gasteiger partial charge in [-0.2, -0.15) is 21.0 Å². The zero-order valence-corrected chi connectivity index (χ0v) is 30.4.